The monoisotopic (exact) mass is 308 g/mol. The first-order valence-electron chi connectivity index (χ1n) is 6.34. The minimum atomic E-state index is 1.02. The van der Waals surface area contributed by atoms with Crippen LogP contribution in [-0.2, 0) is 7.05 Å². The summed E-state index contributed by atoms with van der Waals surface area (Å²) in [7, 11) is 2.09. The predicted molar refractivity (Wildman–Crippen MR) is 78.1 cm³/mol. The number of anilines is 1. The highest BCUT2D eigenvalue weighted by Gasteiger charge is 2.17. The summed E-state index contributed by atoms with van der Waals surface area (Å²) in [6.45, 7) is 4.23. The third-order valence-corrected chi connectivity index (χ3v) is 4.08. The lowest BCUT2D eigenvalue weighted by atomic mass is 10.3. The number of hydrogen-bond donors (Lipinski definition) is 1. The van der Waals surface area contributed by atoms with Crippen LogP contribution in [0.2, 0.25) is 0 Å². The molecule has 18 heavy (non-hydrogen) atoms. The number of rotatable bonds is 1. The maximum absolute atomic E-state index is 4.77. The molecule has 2 aromatic rings. The number of hydrogen-bond acceptors (Lipinski definition) is 3. The number of imidazole rings is 1. The molecule has 0 atom stereocenters. The molecule has 1 fully saturated rings. The fourth-order valence-corrected chi connectivity index (χ4v) is 3.16. The summed E-state index contributed by atoms with van der Waals surface area (Å²) in [6, 6.07) is 6.17. The lowest BCUT2D eigenvalue weighted by Crippen LogP contribution is -2.29. The second-order valence-electron chi connectivity index (χ2n) is 4.67. The first kappa shape index (κ1) is 12.0. The SMILES string of the molecule is Cn1c(N2CCCNCC2)nc2cccc(Br)c21. The van der Waals surface area contributed by atoms with Crippen LogP contribution in [-0.4, -0.2) is 35.7 Å². The van der Waals surface area contributed by atoms with Crippen LogP contribution in [0.4, 0.5) is 5.95 Å². The quantitative estimate of drug-likeness (QED) is 0.876. The highest BCUT2D eigenvalue weighted by molar-refractivity contribution is 9.10. The van der Waals surface area contributed by atoms with Gasteiger partial charge in [0.1, 0.15) is 0 Å². The van der Waals surface area contributed by atoms with Gasteiger partial charge < -0.3 is 14.8 Å². The second-order valence-corrected chi connectivity index (χ2v) is 5.52. The molecule has 2 heterocycles. The van der Waals surface area contributed by atoms with Crippen molar-refractivity contribution in [1.82, 2.24) is 14.9 Å². The van der Waals surface area contributed by atoms with Crippen LogP contribution in [0, 0.1) is 0 Å². The molecule has 1 aliphatic rings. The molecule has 3 rings (SSSR count). The van der Waals surface area contributed by atoms with Gasteiger partial charge in [0.05, 0.1) is 11.0 Å². The molecule has 1 aromatic carbocycles. The zero-order chi connectivity index (χ0) is 12.5. The van der Waals surface area contributed by atoms with E-state index >= 15 is 0 Å². The van der Waals surface area contributed by atoms with E-state index in [9.17, 15) is 0 Å². The Balaban J connectivity index is 2.06. The minimum Gasteiger partial charge on any atom is -0.341 e. The molecule has 0 amide bonds. The van der Waals surface area contributed by atoms with Crippen molar-refractivity contribution >= 4 is 32.9 Å². The van der Waals surface area contributed by atoms with Gasteiger partial charge in [-0.15, -0.1) is 0 Å². The van der Waals surface area contributed by atoms with E-state index in [-0.39, 0.29) is 0 Å². The van der Waals surface area contributed by atoms with Crippen molar-refractivity contribution in [3.63, 3.8) is 0 Å². The van der Waals surface area contributed by atoms with Crippen LogP contribution in [0.15, 0.2) is 22.7 Å². The van der Waals surface area contributed by atoms with E-state index in [1.807, 2.05) is 6.07 Å². The van der Waals surface area contributed by atoms with Crippen molar-refractivity contribution in [3.05, 3.63) is 22.7 Å². The molecule has 0 spiro atoms. The first-order valence-corrected chi connectivity index (χ1v) is 7.13. The van der Waals surface area contributed by atoms with E-state index in [1.165, 1.54) is 11.9 Å². The summed E-state index contributed by atoms with van der Waals surface area (Å²) < 4.78 is 3.29. The Hall–Kier alpha value is -1.07. The Kier molecular flexibility index (Phi) is 3.26. The zero-order valence-corrected chi connectivity index (χ0v) is 12.1. The molecule has 0 bridgehead atoms. The summed E-state index contributed by atoms with van der Waals surface area (Å²) >= 11 is 3.61. The van der Waals surface area contributed by atoms with Crippen LogP contribution in [0.25, 0.3) is 11.0 Å². The molecule has 96 valence electrons. The maximum Gasteiger partial charge on any atom is 0.206 e. The smallest absolute Gasteiger partial charge is 0.206 e. The van der Waals surface area contributed by atoms with Gasteiger partial charge in [-0.25, -0.2) is 4.98 Å². The molecule has 1 aliphatic heterocycles. The van der Waals surface area contributed by atoms with Crippen molar-refractivity contribution in [3.8, 4) is 0 Å². The van der Waals surface area contributed by atoms with Crippen molar-refractivity contribution in [2.24, 2.45) is 7.05 Å². The second kappa shape index (κ2) is 4.90. The Bertz CT molecular complexity index is 555. The Morgan fingerprint density at radius 2 is 2.17 bits per heavy atom. The zero-order valence-electron chi connectivity index (χ0n) is 10.5. The number of para-hydroxylation sites is 1. The molecule has 0 unspecified atom stereocenters. The molecule has 1 N–H and O–H groups in total. The summed E-state index contributed by atoms with van der Waals surface area (Å²) in [6.07, 6.45) is 1.17. The molecule has 0 aliphatic carbocycles. The Morgan fingerprint density at radius 1 is 1.28 bits per heavy atom. The minimum absolute atomic E-state index is 1.02. The fraction of sp³-hybridized carbons (Fsp3) is 0.462. The molecular formula is C13H17BrN4. The lowest BCUT2D eigenvalue weighted by molar-refractivity contribution is 0.724. The third-order valence-electron chi connectivity index (χ3n) is 3.44. The van der Waals surface area contributed by atoms with Crippen LogP contribution >= 0.6 is 15.9 Å². The van der Waals surface area contributed by atoms with Crippen molar-refractivity contribution < 1.29 is 0 Å². The van der Waals surface area contributed by atoms with Crippen LogP contribution in [0.5, 0.6) is 0 Å². The first-order chi connectivity index (χ1) is 8.77. The van der Waals surface area contributed by atoms with Crippen molar-refractivity contribution in [2.75, 3.05) is 31.1 Å². The van der Waals surface area contributed by atoms with Crippen molar-refractivity contribution in [1.29, 1.82) is 0 Å². The number of aryl methyl sites for hydroxylation is 1. The number of halogens is 1. The lowest BCUT2D eigenvalue weighted by Gasteiger charge is -2.20. The van der Waals surface area contributed by atoms with Crippen molar-refractivity contribution in [2.45, 2.75) is 6.42 Å². The van der Waals surface area contributed by atoms with E-state index in [1.54, 1.807) is 0 Å². The van der Waals surface area contributed by atoms with Gasteiger partial charge in [-0.2, -0.15) is 0 Å². The largest absolute Gasteiger partial charge is 0.341 e. The van der Waals surface area contributed by atoms with E-state index < -0.39 is 0 Å². The van der Waals surface area contributed by atoms with Gasteiger partial charge in [0.15, 0.2) is 0 Å². The van der Waals surface area contributed by atoms with Gasteiger partial charge in [0.2, 0.25) is 5.95 Å². The van der Waals surface area contributed by atoms with Gasteiger partial charge in [-0.3, -0.25) is 0 Å². The molecule has 5 heteroatoms. The van der Waals surface area contributed by atoms with Gasteiger partial charge in [0, 0.05) is 31.2 Å². The normalized spacial score (nSPS) is 17.1. The number of benzene rings is 1. The van der Waals surface area contributed by atoms with Gasteiger partial charge in [-0.05, 0) is 41.0 Å². The van der Waals surface area contributed by atoms with Gasteiger partial charge in [-0.1, -0.05) is 6.07 Å². The van der Waals surface area contributed by atoms with E-state index in [0.29, 0.717) is 0 Å². The number of aromatic nitrogens is 2. The van der Waals surface area contributed by atoms with Gasteiger partial charge >= 0.3 is 0 Å². The molecule has 4 nitrogen and oxygen atoms in total. The molecule has 0 radical (unpaired) electrons. The average molecular weight is 309 g/mol. The Morgan fingerprint density at radius 3 is 3.00 bits per heavy atom. The summed E-state index contributed by atoms with van der Waals surface area (Å²) in [5.41, 5.74) is 2.23. The van der Waals surface area contributed by atoms with Crippen LogP contribution in [0.3, 0.4) is 0 Å². The molecule has 0 saturated carbocycles. The maximum atomic E-state index is 4.77. The summed E-state index contributed by atoms with van der Waals surface area (Å²) in [4.78, 5) is 7.14. The van der Waals surface area contributed by atoms with Crippen LogP contribution in [0.1, 0.15) is 6.42 Å². The van der Waals surface area contributed by atoms with Gasteiger partial charge in [0.25, 0.3) is 0 Å². The number of nitrogens with one attached hydrogen (secondary N) is 1. The topological polar surface area (TPSA) is 33.1 Å². The van der Waals surface area contributed by atoms with E-state index in [2.05, 4.69) is 49.9 Å². The predicted octanol–water partition coefficient (Wildman–Crippen LogP) is 2.14. The molecule has 1 aromatic heterocycles. The van der Waals surface area contributed by atoms with E-state index in [4.69, 9.17) is 4.98 Å². The average Bonchev–Trinajstić information content (AvgIpc) is 2.56. The number of nitrogens with zero attached hydrogens (tertiary/aromatic N) is 3. The fourth-order valence-electron chi connectivity index (χ4n) is 2.54. The molecular weight excluding hydrogens is 292 g/mol. The standard InChI is InChI=1S/C13H17BrN4/c1-17-12-10(14)4-2-5-11(12)16-13(17)18-8-3-6-15-7-9-18/h2,4-5,15H,3,6-9H2,1H3. The van der Waals surface area contributed by atoms with E-state index in [0.717, 1.165) is 42.1 Å². The summed E-state index contributed by atoms with van der Waals surface area (Å²) in [5, 5.41) is 3.42. The summed E-state index contributed by atoms with van der Waals surface area (Å²) in [5.74, 6) is 1.07. The van der Waals surface area contributed by atoms with Crippen LogP contribution < -0.4 is 10.2 Å². The molecule has 1 saturated heterocycles. The third kappa shape index (κ3) is 2.01. The Labute approximate surface area is 115 Å². The highest BCUT2D eigenvalue weighted by atomic mass is 79.9. The highest BCUT2D eigenvalue weighted by Crippen LogP contribution is 2.27. The number of fused-ring (bicyclic) bond motifs is 1.